The SMILES string of the molecule is Oc1ccccn1.[AlH3]. The Morgan fingerprint density at radius 2 is 2.12 bits per heavy atom. The molecule has 8 heavy (non-hydrogen) atoms. The van der Waals surface area contributed by atoms with E-state index in [1.807, 2.05) is 0 Å². The Labute approximate surface area is 58.3 Å². The lowest BCUT2D eigenvalue weighted by molar-refractivity contribution is 0.453. The number of aromatic nitrogens is 1. The standard InChI is InChI=1S/C5H5NO.Al.3H/c7-5-3-1-2-4-6-5;;;;/h1-4H,(H,6,7);;;;. The molecule has 42 valence electrons. The Balaban J connectivity index is 0.000000490. The molecule has 1 heterocycles. The lowest BCUT2D eigenvalue weighted by Gasteiger charge is -1.81. The van der Waals surface area contributed by atoms with Gasteiger partial charge in [0.25, 0.3) is 0 Å². The second-order valence-corrected chi connectivity index (χ2v) is 1.19. The van der Waals surface area contributed by atoms with E-state index in [4.69, 9.17) is 5.11 Å². The zero-order chi connectivity index (χ0) is 5.11. The molecule has 0 spiro atoms. The molecule has 0 atom stereocenters. The average Bonchev–Trinajstić information content (AvgIpc) is 1.69. The molecule has 1 aromatic heterocycles. The normalized spacial score (nSPS) is 7.50. The van der Waals surface area contributed by atoms with E-state index in [-0.39, 0.29) is 23.2 Å². The van der Waals surface area contributed by atoms with Gasteiger partial charge in [0, 0.05) is 12.3 Å². The Bertz CT molecular complexity index is 142. The molecule has 0 radical (unpaired) electrons. The lowest BCUT2D eigenvalue weighted by Crippen LogP contribution is -1.66. The zero-order valence-corrected chi connectivity index (χ0v) is 3.70. The summed E-state index contributed by atoms with van der Waals surface area (Å²) in [6, 6.07) is 5.00. The van der Waals surface area contributed by atoms with Crippen LogP contribution in [0.15, 0.2) is 24.4 Å². The first kappa shape index (κ1) is 7.48. The number of hydrogen-bond acceptors (Lipinski definition) is 2. The van der Waals surface area contributed by atoms with Crippen LogP contribution < -0.4 is 0 Å². The van der Waals surface area contributed by atoms with Crippen LogP contribution in [-0.4, -0.2) is 27.5 Å². The summed E-state index contributed by atoms with van der Waals surface area (Å²) in [5, 5.41) is 8.52. The van der Waals surface area contributed by atoms with Gasteiger partial charge in [0.15, 0.2) is 17.4 Å². The van der Waals surface area contributed by atoms with Crippen LogP contribution in [0.25, 0.3) is 0 Å². The van der Waals surface area contributed by atoms with Crippen molar-refractivity contribution in [3.8, 4) is 5.88 Å². The molecule has 2 nitrogen and oxygen atoms in total. The average molecular weight is 125 g/mol. The predicted octanol–water partition coefficient (Wildman–Crippen LogP) is -0.397. The highest BCUT2D eigenvalue weighted by atomic mass is 27.0. The molecule has 0 saturated heterocycles. The van der Waals surface area contributed by atoms with Gasteiger partial charge >= 0.3 is 0 Å². The fraction of sp³-hybridized carbons (Fsp3) is 0. The van der Waals surface area contributed by atoms with Crippen molar-refractivity contribution in [2.24, 2.45) is 0 Å². The van der Waals surface area contributed by atoms with Gasteiger partial charge < -0.3 is 5.11 Å². The molecule has 1 N–H and O–H groups in total. The van der Waals surface area contributed by atoms with Crippen LogP contribution in [0, 0.1) is 0 Å². The van der Waals surface area contributed by atoms with Crippen LogP contribution in [0.2, 0.25) is 0 Å². The maximum Gasteiger partial charge on any atom is 0.210 e. The highest BCUT2D eigenvalue weighted by molar-refractivity contribution is 5.75. The number of pyridine rings is 1. The lowest BCUT2D eigenvalue weighted by atomic mass is 10.5. The van der Waals surface area contributed by atoms with E-state index in [9.17, 15) is 0 Å². The molecule has 0 unspecified atom stereocenters. The van der Waals surface area contributed by atoms with Crippen molar-refractivity contribution in [3.63, 3.8) is 0 Å². The van der Waals surface area contributed by atoms with Crippen molar-refractivity contribution in [2.75, 3.05) is 0 Å². The summed E-state index contributed by atoms with van der Waals surface area (Å²) >= 11 is 0. The summed E-state index contributed by atoms with van der Waals surface area (Å²) in [5.74, 6) is 0.0718. The van der Waals surface area contributed by atoms with Crippen LogP contribution in [0.4, 0.5) is 0 Å². The Morgan fingerprint density at radius 3 is 2.38 bits per heavy atom. The minimum Gasteiger partial charge on any atom is -0.493 e. The molecule has 0 aromatic carbocycles. The molecule has 1 aromatic rings. The smallest absolute Gasteiger partial charge is 0.210 e. The van der Waals surface area contributed by atoms with E-state index in [0.717, 1.165) is 0 Å². The topological polar surface area (TPSA) is 33.1 Å². The Kier molecular flexibility index (Phi) is 3.26. The number of rotatable bonds is 0. The van der Waals surface area contributed by atoms with Gasteiger partial charge in [0.05, 0.1) is 0 Å². The third-order valence-corrected chi connectivity index (χ3v) is 0.649. The van der Waals surface area contributed by atoms with E-state index in [1.165, 1.54) is 12.3 Å². The quantitative estimate of drug-likeness (QED) is 0.479. The largest absolute Gasteiger partial charge is 0.493 e. The van der Waals surface area contributed by atoms with Gasteiger partial charge in [-0.2, -0.15) is 0 Å². The molecule has 0 aliphatic heterocycles. The van der Waals surface area contributed by atoms with Crippen LogP contribution in [0.5, 0.6) is 5.88 Å². The second kappa shape index (κ2) is 3.48. The maximum absolute atomic E-state index is 8.52. The maximum atomic E-state index is 8.52. The minimum absolute atomic E-state index is 0. The van der Waals surface area contributed by atoms with Crippen LogP contribution in [-0.2, 0) is 0 Å². The van der Waals surface area contributed by atoms with Gasteiger partial charge in [-0.3, -0.25) is 0 Å². The van der Waals surface area contributed by atoms with E-state index >= 15 is 0 Å². The van der Waals surface area contributed by atoms with Gasteiger partial charge in [0.2, 0.25) is 5.88 Å². The molecule has 1 rings (SSSR count). The summed E-state index contributed by atoms with van der Waals surface area (Å²) in [4.78, 5) is 3.53. The minimum atomic E-state index is 0. The van der Waals surface area contributed by atoms with Crippen molar-refractivity contribution in [1.29, 1.82) is 0 Å². The fourth-order valence-electron chi connectivity index (χ4n) is 0.354. The van der Waals surface area contributed by atoms with Gasteiger partial charge in [-0.05, 0) is 6.07 Å². The van der Waals surface area contributed by atoms with E-state index in [2.05, 4.69) is 4.98 Å². The van der Waals surface area contributed by atoms with Crippen molar-refractivity contribution in [3.05, 3.63) is 24.4 Å². The third kappa shape index (κ3) is 1.97. The number of aromatic hydroxyl groups is 1. The van der Waals surface area contributed by atoms with Crippen molar-refractivity contribution >= 4 is 17.4 Å². The van der Waals surface area contributed by atoms with Gasteiger partial charge in [-0.25, -0.2) is 4.98 Å². The summed E-state index contributed by atoms with van der Waals surface area (Å²) < 4.78 is 0. The molecular formula is C5H8AlNO. The van der Waals surface area contributed by atoms with E-state index in [1.54, 1.807) is 12.1 Å². The molecule has 0 aliphatic rings. The molecule has 0 amide bonds. The first-order chi connectivity index (χ1) is 3.39. The molecule has 0 saturated carbocycles. The Morgan fingerprint density at radius 1 is 1.38 bits per heavy atom. The van der Waals surface area contributed by atoms with Crippen LogP contribution >= 0.6 is 0 Å². The second-order valence-electron chi connectivity index (χ2n) is 1.19. The molecular weight excluding hydrogens is 117 g/mol. The fourth-order valence-corrected chi connectivity index (χ4v) is 0.354. The van der Waals surface area contributed by atoms with Crippen LogP contribution in [0.1, 0.15) is 0 Å². The number of nitrogens with zero attached hydrogens (tertiary/aromatic N) is 1. The number of hydrogen-bond donors (Lipinski definition) is 1. The summed E-state index contributed by atoms with van der Waals surface area (Å²) in [6.07, 6.45) is 1.54. The van der Waals surface area contributed by atoms with Gasteiger partial charge in [-0.1, -0.05) is 6.07 Å². The summed E-state index contributed by atoms with van der Waals surface area (Å²) in [6.45, 7) is 0. The highest BCUT2D eigenvalue weighted by Crippen LogP contribution is 1.96. The molecule has 0 bridgehead atoms. The van der Waals surface area contributed by atoms with Crippen molar-refractivity contribution < 1.29 is 5.11 Å². The van der Waals surface area contributed by atoms with Gasteiger partial charge in [-0.15, -0.1) is 0 Å². The third-order valence-electron chi connectivity index (χ3n) is 0.649. The summed E-state index contributed by atoms with van der Waals surface area (Å²) in [5.41, 5.74) is 0. The first-order valence-electron chi connectivity index (χ1n) is 1.99. The van der Waals surface area contributed by atoms with Crippen molar-refractivity contribution in [2.45, 2.75) is 0 Å². The molecule has 3 heteroatoms. The highest BCUT2D eigenvalue weighted by Gasteiger charge is 1.76. The Hall–Kier alpha value is -0.518. The van der Waals surface area contributed by atoms with E-state index in [0.29, 0.717) is 0 Å². The van der Waals surface area contributed by atoms with Crippen molar-refractivity contribution in [1.82, 2.24) is 4.98 Å². The van der Waals surface area contributed by atoms with Crippen LogP contribution in [0.3, 0.4) is 0 Å². The predicted molar refractivity (Wildman–Crippen MR) is 35.8 cm³/mol. The van der Waals surface area contributed by atoms with E-state index < -0.39 is 0 Å². The van der Waals surface area contributed by atoms with Gasteiger partial charge in [0.1, 0.15) is 0 Å². The zero-order valence-electron chi connectivity index (χ0n) is 3.70. The monoisotopic (exact) mass is 125 g/mol. The summed E-state index contributed by atoms with van der Waals surface area (Å²) in [7, 11) is 0. The molecule has 0 fully saturated rings. The first-order valence-corrected chi connectivity index (χ1v) is 1.99. The molecule has 0 aliphatic carbocycles.